The maximum atomic E-state index is 13.5. The highest BCUT2D eigenvalue weighted by Gasteiger charge is 2.35. The molecule has 0 saturated carbocycles. The van der Waals surface area contributed by atoms with E-state index in [2.05, 4.69) is 10.5 Å². The Bertz CT molecular complexity index is 1610. The van der Waals surface area contributed by atoms with Gasteiger partial charge in [0.05, 0.1) is 40.6 Å². The van der Waals surface area contributed by atoms with Crippen LogP contribution in [0.5, 0.6) is 5.75 Å². The van der Waals surface area contributed by atoms with Gasteiger partial charge < -0.3 is 14.4 Å². The van der Waals surface area contributed by atoms with Crippen molar-refractivity contribution in [1.82, 2.24) is 10.3 Å². The Morgan fingerprint density at radius 2 is 1.73 bits per heavy atom. The summed E-state index contributed by atoms with van der Waals surface area (Å²) in [7, 11) is -4.48. The molecule has 0 atom stereocenters. The molecule has 15 heteroatoms. The lowest BCUT2D eigenvalue weighted by molar-refractivity contribution is -0.138. The molecule has 0 aromatic heterocycles. The largest absolute Gasteiger partial charge is 0.484 e. The molecule has 1 N–H and O–H groups in total. The van der Waals surface area contributed by atoms with Crippen LogP contribution < -0.4 is 14.5 Å². The average Bonchev–Trinajstić information content (AvgIpc) is 2.99. The Morgan fingerprint density at radius 3 is 2.36 bits per heavy atom. The molecule has 1 saturated heterocycles. The molecule has 1 heterocycles. The number of nitrogens with zero attached hydrogens (tertiary/aromatic N) is 3. The molecule has 234 valence electrons. The molecule has 10 nitrogen and oxygen atoms in total. The van der Waals surface area contributed by atoms with Crippen LogP contribution in [0.3, 0.4) is 0 Å². The fourth-order valence-corrected chi connectivity index (χ4v) is 5.72. The molecular weight excluding hydrogens is 625 g/mol. The molecule has 1 aliphatic heterocycles. The SMILES string of the molecule is Cc1ccc(S(=O)(=O)N(CC(=O)N/N=C\c2ccc(OCC(=O)N3CCOCC3)cc2)c2ccc(Cl)c(C(F)(F)F)c2)cc1. The van der Waals surface area contributed by atoms with Crippen LogP contribution in [0.2, 0.25) is 5.02 Å². The quantitative estimate of drug-likeness (QED) is 0.259. The molecule has 0 aliphatic carbocycles. The van der Waals surface area contributed by atoms with Crippen LogP contribution in [-0.2, 0) is 30.5 Å². The number of hydrogen-bond acceptors (Lipinski definition) is 7. The summed E-state index contributed by atoms with van der Waals surface area (Å²) in [6.45, 7) is 2.71. The molecule has 2 amide bonds. The standard InChI is InChI=1S/C29H28ClF3N4O6S/c1-20-2-9-24(10-3-20)44(40,41)37(22-6-11-26(30)25(16-22)29(31,32)33)18-27(38)35-34-17-21-4-7-23(8-5-21)43-19-28(39)36-12-14-42-15-13-36/h2-11,16-17H,12-15,18-19H2,1H3,(H,35,38)/b34-17-. The molecular formula is C29H28ClF3N4O6S. The summed E-state index contributed by atoms with van der Waals surface area (Å²) in [6.07, 6.45) is -3.58. The lowest BCUT2D eigenvalue weighted by Crippen LogP contribution is -2.42. The lowest BCUT2D eigenvalue weighted by atomic mass is 10.2. The minimum Gasteiger partial charge on any atom is -0.484 e. The molecule has 0 bridgehead atoms. The summed E-state index contributed by atoms with van der Waals surface area (Å²) in [5, 5.41) is 3.21. The van der Waals surface area contributed by atoms with Crippen molar-refractivity contribution in [2.24, 2.45) is 5.10 Å². The van der Waals surface area contributed by atoms with Crippen molar-refractivity contribution in [3.05, 3.63) is 88.4 Å². The number of nitrogens with one attached hydrogen (secondary N) is 1. The van der Waals surface area contributed by atoms with Gasteiger partial charge in [0, 0.05) is 13.1 Å². The van der Waals surface area contributed by atoms with Crippen molar-refractivity contribution in [1.29, 1.82) is 0 Å². The molecule has 0 radical (unpaired) electrons. The zero-order chi connectivity index (χ0) is 31.9. The maximum Gasteiger partial charge on any atom is 0.417 e. The van der Waals surface area contributed by atoms with E-state index in [-0.39, 0.29) is 17.4 Å². The number of carbonyl (C=O) groups excluding carboxylic acids is 2. The first kappa shape index (κ1) is 32.8. The van der Waals surface area contributed by atoms with Gasteiger partial charge in [-0.2, -0.15) is 18.3 Å². The second kappa shape index (κ2) is 14.1. The summed E-state index contributed by atoms with van der Waals surface area (Å²) < 4.78 is 78.9. The van der Waals surface area contributed by atoms with E-state index in [1.807, 2.05) is 0 Å². The van der Waals surface area contributed by atoms with Gasteiger partial charge in [-0.3, -0.25) is 13.9 Å². The van der Waals surface area contributed by atoms with E-state index in [1.54, 1.807) is 36.1 Å². The summed E-state index contributed by atoms with van der Waals surface area (Å²) in [5.74, 6) is -0.638. The molecule has 1 aliphatic rings. The highest BCUT2D eigenvalue weighted by molar-refractivity contribution is 7.92. The van der Waals surface area contributed by atoms with Gasteiger partial charge >= 0.3 is 6.18 Å². The van der Waals surface area contributed by atoms with Crippen molar-refractivity contribution in [3.63, 3.8) is 0 Å². The highest BCUT2D eigenvalue weighted by Crippen LogP contribution is 2.38. The van der Waals surface area contributed by atoms with E-state index in [1.165, 1.54) is 30.5 Å². The summed E-state index contributed by atoms with van der Waals surface area (Å²) in [4.78, 5) is 26.4. The van der Waals surface area contributed by atoms with Crippen molar-refractivity contribution < 1.29 is 40.7 Å². The number of benzene rings is 3. The van der Waals surface area contributed by atoms with E-state index in [4.69, 9.17) is 21.1 Å². The van der Waals surface area contributed by atoms with E-state index in [0.717, 1.165) is 17.7 Å². The number of ether oxygens (including phenoxy) is 2. The number of anilines is 1. The van der Waals surface area contributed by atoms with Crippen LogP contribution in [-0.4, -0.2) is 70.8 Å². The van der Waals surface area contributed by atoms with Gasteiger partial charge in [0.25, 0.3) is 21.8 Å². The number of morpholine rings is 1. The van der Waals surface area contributed by atoms with Gasteiger partial charge in [-0.15, -0.1) is 0 Å². The molecule has 3 aromatic carbocycles. The highest BCUT2D eigenvalue weighted by atomic mass is 35.5. The summed E-state index contributed by atoms with van der Waals surface area (Å²) >= 11 is 5.72. The second-order valence-electron chi connectivity index (χ2n) is 9.63. The van der Waals surface area contributed by atoms with Crippen LogP contribution in [0.1, 0.15) is 16.7 Å². The van der Waals surface area contributed by atoms with Crippen molar-refractivity contribution in [2.75, 3.05) is 43.8 Å². The third-order valence-electron chi connectivity index (χ3n) is 6.45. The normalized spacial score (nSPS) is 14.0. The number of hydrazone groups is 1. The Kier molecular flexibility index (Phi) is 10.5. The molecule has 1 fully saturated rings. The van der Waals surface area contributed by atoms with Crippen molar-refractivity contribution >= 4 is 45.3 Å². The number of carbonyl (C=O) groups is 2. The van der Waals surface area contributed by atoms with Gasteiger partial charge in [-0.25, -0.2) is 13.8 Å². The van der Waals surface area contributed by atoms with Gasteiger partial charge in [-0.05, 0) is 67.1 Å². The Balaban J connectivity index is 1.44. The van der Waals surface area contributed by atoms with Crippen LogP contribution in [0.15, 0.2) is 76.7 Å². The van der Waals surface area contributed by atoms with Crippen LogP contribution in [0.4, 0.5) is 18.9 Å². The third-order valence-corrected chi connectivity index (χ3v) is 8.57. The Morgan fingerprint density at radius 1 is 1.07 bits per heavy atom. The number of halogens is 4. The minimum atomic E-state index is -4.86. The number of aryl methyl sites for hydroxylation is 1. The van der Waals surface area contributed by atoms with Crippen LogP contribution in [0, 0.1) is 6.92 Å². The second-order valence-corrected chi connectivity index (χ2v) is 11.9. The first-order chi connectivity index (χ1) is 20.8. The first-order valence-electron chi connectivity index (χ1n) is 13.2. The predicted octanol–water partition coefficient (Wildman–Crippen LogP) is 4.25. The van der Waals surface area contributed by atoms with E-state index < -0.39 is 44.9 Å². The zero-order valence-electron chi connectivity index (χ0n) is 23.4. The number of rotatable bonds is 10. The number of hydrogen-bond donors (Lipinski definition) is 1. The monoisotopic (exact) mass is 652 g/mol. The maximum absolute atomic E-state index is 13.5. The molecule has 0 unspecified atom stereocenters. The van der Waals surface area contributed by atoms with Gasteiger partial charge in [-0.1, -0.05) is 29.3 Å². The Hall–Kier alpha value is -4.14. The molecule has 44 heavy (non-hydrogen) atoms. The molecule has 3 aromatic rings. The van der Waals surface area contributed by atoms with Gasteiger partial charge in [0.15, 0.2) is 6.61 Å². The van der Waals surface area contributed by atoms with E-state index in [9.17, 15) is 31.2 Å². The average molecular weight is 653 g/mol. The van der Waals surface area contributed by atoms with Crippen molar-refractivity contribution in [2.45, 2.75) is 18.0 Å². The predicted molar refractivity (Wildman–Crippen MR) is 157 cm³/mol. The molecule has 4 rings (SSSR count). The number of amides is 2. The number of alkyl halides is 3. The fraction of sp³-hybridized carbons (Fsp3) is 0.276. The zero-order valence-corrected chi connectivity index (χ0v) is 25.0. The Labute approximate surface area is 257 Å². The summed E-state index contributed by atoms with van der Waals surface area (Å²) in [6, 6.07) is 14.6. The van der Waals surface area contributed by atoms with Gasteiger partial charge in [0.1, 0.15) is 12.3 Å². The lowest BCUT2D eigenvalue weighted by Gasteiger charge is -2.26. The van der Waals surface area contributed by atoms with Crippen LogP contribution >= 0.6 is 11.6 Å². The molecule has 0 spiro atoms. The van der Waals surface area contributed by atoms with Crippen LogP contribution in [0.25, 0.3) is 0 Å². The first-order valence-corrected chi connectivity index (χ1v) is 15.0. The summed E-state index contributed by atoms with van der Waals surface area (Å²) in [5.41, 5.74) is 1.83. The minimum absolute atomic E-state index is 0.135. The van der Waals surface area contributed by atoms with Crippen molar-refractivity contribution in [3.8, 4) is 5.75 Å². The number of sulfonamides is 1. The smallest absolute Gasteiger partial charge is 0.417 e. The van der Waals surface area contributed by atoms with E-state index in [0.29, 0.717) is 48.0 Å². The fourth-order valence-electron chi connectivity index (χ4n) is 4.08. The third kappa shape index (κ3) is 8.49. The van der Waals surface area contributed by atoms with Gasteiger partial charge in [0.2, 0.25) is 0 Å². The topological polar surface area (TPSA) is 118 Å². The van der Waals surface area contributed by atoms with E-state index >= 15 is 0 Å².